The summed E-state index contributed by atoms with van der Waals surface area (Å²) in [5.74, 6) is 0.436. The maximum absolute atomic E-state index is 8.85. The summed E-state index contributed by atoms with van der Waals surface area (Å²) >= 11 is 0. The molecule has 0 aliphatic heterocycles. The minimum atomic E-state index is -0.0221. The van der Waals surface area contributed by atoms with E-state index >= 15 is 0 Å². The first kappa shape index (κ1) is 12.1. The van der Waals surface area contributed by atoms with E-state index in [1.165, 1.54) is 4.68 Å². The second kappa shape index (κ2) is 4.84. The molecule has 96 valence electrons. The Morgan fingerprint density at radius 2 is 2.00 bits per heavy atom. The number of aromatic nitrogens is 2. The van der Waals surface area contributed by atoms with Crippen LogP contribution in [0.5, 0.6) is 0 Å². The van der Waals surface area contributed by atoms with Crippen LogP contribution in [0.1, 0.15) is 0 Å². The van der Waals surface area contributed by atoms with Crippen LogP contribution in [-0.4, -0.2) is 21.5 Å². The molecule has 0 atom stereocenters. The van der Waals surface area contributed by atoms with Crippen LogP contribution in [0.4, 0.5) is 28.6 Å². The lowest BCUT2D eigenvalue weighted by Gasteiger charge is -2.09. The van der Waals surface area contributed by atoms with Gasteiger partial charge in [0.2, 0.25) is 0 Å². The number of aliphatic hydroxyl groups is 1. The largest absolute Gasteiger partial charge is 0.399 e. The van der Waals surface area contributed by atoms with Gasteiger partial charge in [-0.05, 0) is 18.2 Å². The van der Waals surface area contributed by atoms with E-state index in [1.54, 1.807) is 24.4 Å². The molecule has 8 N–H and O–H groups in total. The zero-order valence-electron chi connectivity index (χ0n) is 9.80. The van der Waals surface area contributed by atoms with Crippen LogP contribution in [0.2, 0.25) is 0 Å². The monoisotopic (exact) mass is 248 g/mol. The number of aliphatic hydroxyl groups excluding tert-OH is 1. The van der Waals surface area contributed by atoms with Gasteiger partial charge in [-0.1, -0.05) is 0 Å². The molecule has 18 heavy (non-hydrogen) atoms. The molecule has 2 aromatic rings. The summed E-state index contributed by atoms with van der Waals surface area (Å²) in [6, 6.07) is 5.16. The van der Waals surface area contributed by atoms with Crippen LogP contribution < -0.4 is 22.5 Å². The van der Waals surface area contributed by atoms with Gasteiger partial charge in [-0.25, -0.2) is 4.68 Å². The van der Waals surface area contributed by atoms with Gasteiger partial charge in [-0.3, -0.25) is 0 Å². The lowest BCUT2D eigenvalue weighted by molar-refractivity contribution is 0.270. The fourth-order valence-corrected chi connectivity index (χ4v) is 1.59. The molecule has 7 nitrogen and oxygen atoms in total. The van der Waals surface area contributed by atoms with E-state index in [0.717, 1.165) is 0 Å². The van der Waals surface area contributed by atoms with Crippen LogP contribution in [0.3, 0.4) is 0 Å². The second-order valence-electron chi connectivity index (χ2n) is 3.86. The topological polar surface area (TPSA) is 128 Å². The summed E-state index contributed by atoms with van der Waals surface area (Å²) in [4.78, 5) is 0. The summed E-state index contributed by atoms with van der Waals surface area (Å²) in [5, 5.41) is 16.0. The number of nitrogen functional groups attached to an aromatic ring is 3. The predicted molar refractivity (Wildman–Crippen MR) is 72.3 cm³/mol. The van der Waals surface area contributed by atoms with Gasteiger partial charge in [0.15, 0.2) is 0 Å². The minimum Gasteiger partial charge on any atom is -0.399 e. The molecule has 0 saturated carbocycles. The van der Waals surface area contributed by atoms with Crippen molar-refractivity contribution in [3.8, 4) is 0 Å². The lowest BCUT2D eigenvalue weighted by Crippen LogP contribution is -2.08. The zero-order chi connectivity index (χ0) is 13.1. The molecule has 1 aromatic carbocycles. The average molecular weight is 248 g/mol. The molecule has 0 amide bonds. The summed E-state index contributed by atoms with van der Waals surface area (Å²) in [6.07, 6.45) is 1.58. The Bertz CT molecular complexity index is 550. The Balaban J connectivity index is 2.26. The molecule has 0 radical (unpaired) electrons. The quantitative estimate of drug-likeness (QED) is 0.497. The molecule has 0 unspecified atom stereocenters. The van der Waals surface area contributed by atoms with Crippen molar-refractivity contribution in [1.29, 1.82) is 0 Å². The number of hydrogen-bond acceptors (Lipinski definition) is 6. The third kappa shape index (κ3) is 2.30. The molecule has 2 rings (SSSR count). The van der Waals surface area contributed by atoms with Crippen molar-refractivity contribution in [3.05, 3.63) is 24.4 Å². The van der Waals surface area contributed by atoms with Crippen LogP contribution in [0.25, 0.3) is 0 Å². The van der Waals surface area contributed by atoms with Gasteiger partial charge >= 0.3 is 0 Å². The highest BCUT2D eigenvalue weighted by Crippen LogP contribution is 2.28. The van der Waals surface area contributed by atoms with Crippen LogP contribution in [0.15, 0.2) is 24.4 Å². The number of hydrogen-bond donors (Lipinski definition) is 5. The third-order valence-electron chi connectivity index (χ3n) is 2.54. The summed E-state index contributed by atoms with van der Waals surface area (Å²) in [6.45, 7) is 0.325. The second-order valence-corrected chi connectivity index (χ2v) is 3.86. The zero-order valence-corrected chi connectivity index (χ0v) is 9.80. The highest BCUT2D eigenvalue weighted by molar-refractivity contribution is 5.79. The number of rotatable bonds is 4. The van der Waals surface area contributed by atoms with Crippen molar-refractivity contribution in [2.24, 2.45) is 0 Å². The normalized spacial score (nSPS) is 10.5. The van der Waals surface area contributed by atoms with Gasteiger partial charge in [0.25, 0.3) is 0 Å². The summed E-state index contributed by atoms with van der Waals surface area (Å²) in [5.41, 5.74) is 19.9. The lowest BCUT2D eigenvalue weighted by atomic mass is 10.2. The Hall–Kier alpha value is -2.41. The minimum absolute atomic E-state index is 0.0221. The Kier molecular flexibility index (Phi) is 3.24. The standard InChI is InChI=1S/C11H16N6O/c12-7-1-2-8(13)9(5-7)16-10-6-15-17(3-4-18)11(10)14/h1-2,5-6,16,18H,3-4,12-14H2. The smallest absolute Gasteiger partial charge is 0.145 e. The maximum Gasteiger partial charge on any atom is 0.145 e. The first-order valence-corrected chi connectivity index (χ1v) is 5.46. The van der Waals surface area contributed by atoms with Crippen LogP contribution in [-0.2, 0) is 6.54 Å². The van der Waals surface area contributed by atoms with Gasteiger partial charge in [0.1, 0.15) is 11.5 Å². The Labute approximate surface area is 104 Å². The molecule has 0 bridgehead atoms. The number of nitrogens with two attached hydrogens (primary N) is 3. The molecule has 0 fully saturated rings. The fourth-order valence-electron chi connectivity index (χ4n) is 1.59. The van der Waals surface area contributed by atoms with Crippen molar-refractivity contribution in [2.45, 2.75) is 6.54 Å². The molecule has 1 aromatic heterocycles. The maximum atomic E-state index is 8.85. The van der Waals surface area contributed by atoms with E-state index in [-0.39, 0.29) is 6.61 Å². The molecule has 0 aliphatic carbocycles. The molecular weight excluding hydrogens is 232 g/mol. The van der Waals surface area contributed by atoms with Gasteiger partial charge in [-0.2, -0.15) is 5.10 Å². The van der Waals surface area contributed by atoms with Crippen molar-refractivity contribution >= 4 is 28.6 Å². The van der Waals surface area contributed by atoms with E-state index in [1.807, 2.05) is 0 Å². The molecule has 7 heteroatoms. The van der Waals surface area contributed by atoms with E-state index in [9.17, 15) is 0 Å². The molecule has 0 aliphatic rings. The molecule has 1 heterocycles. The predicted octanol–water partition coefficient (Wildman–Crippen LogP) is 0.366. The third-order valence-corrected chi connectivity index (χ3v) is 2.54. The number of nitrogens with one attached hydrogen (secondary N) is 1. The molecule has 0 spiro atoms. The van der Waals surface area contributed by atoms with Crippen molar-refractivity contribution in [2.75, 3.05) is 29.1 Å². The van der Waals surface area contributed by atoms with E-state index in [4.69, 9.17) is 22.3 Å². The van der Waals surface area contributed by atoms with E-state index in [0.29, 0.717) is 35.1 Å². The van der Waals surface area contributed by atoms with Gasteiger partial charge in [0, 0.05) is 5.69 Å². The summed E-state index contributed by atoms with van der Waals surface area (Å²) < 4.78 is 1.50. The number of benzene rings is 1. The Morgan fingerprint density at radius 3 is 2.72 bits per heavy atom. The molecular formula is C11H16N6O. The number of anilines is 5. The highest BCUT2D eigenvalue weighted by Gasteiger charge is 2.08. The van der Waals surface area contributed by atoms with E-state index < -0.39 is 0 Å². The van der Waals surface area contributed by atoms with E-state index in [2.05, 4.69) is 10.4 Å². The van der Waals surface area contributed by atoms with Crippen LogP contribution >= 0.6 is 0 Å². The van der Waals surface area contributed by atoms with Gasteiger partial charge < -0.3 is 27.6 Å². The van der Waals surface area contributed by atoms with Crippen molar-refractivity contribution in [3.63, 3.8) is 0 Å². The Morgan fingerprint density at radius 1 is 1.22 bits per heavy atom. The first-order chi connectivity index (χ1) is 8.61. The van der Waals surface area contributed by atoms with Gasteiger partial charge in [0.05, 0.1) is 30.7 Å². The SMILES string of the molecule is Nc1ccc(N)c(Nc2cnn(CCO)c2N)c1. The van der Waals surface area contributed by atoms with Crippen molar-refractivity contribution < 1.29 is 5.11 Å². The number of nitrogens with zero attached hydrogens (tertiary/aromatic N) is 2. The average Bonchev–Trinajstić information content (AvgIpc) is 2.67. The van der Waals surface area contributed by atoms with Crippen molar-refractivity contribution in [1.82, 2.24) is 9.78 Å². The first-order valence-electron chi connectivity index (χ1n) is 5.46. The molecule has 0 saturated heterocycles. The summed E-state index contributed by atoms with van der Waals surface area (Å²) in [7, 11) is 0. The highest BCUT2D eigenvalue weighted by atomic mass is 16.3. The van der Waals surface area contributed by atoms with Crippen LogP contribution in [0, 0.1) is 0 Å². The fraction of sp³-hybridized carbons (Fsp3) is 0.182. The van der Waals surface area contributed by atoms with Gasteiger partial charge in [-0.15, -0.1) is 0 Å².